The minimum absolute atomic E-state index is 0.316. The molecule has 0 aliphatic carbocycles. The lowest BCUT2D eigenvalue weighted by molar-refractivity contribution is 0.119. The van der Waals surface area contributed by atoms with Crippen LogP contribution in [0.5, 0.6) is 0 Å². The van der Waals surface area contributed by atoms with E-state index in [1.807, 2.05) is 0 Å². The number of rotatable bonds is 3. The summed E-state index contributed by atoms with van der Waals surface area (Å²) in [6.45, 7) is 16.2. The maximum absolute atomic E-state index is 6.39. The molecular formula is C14H30N2OSi. The lowest BCUT2D eigenvalue weighted by Crippen LogP contribution is -2.58. The Morgan fingerprint density at radius 2 is 2.00 bits per heavy atom. The lowest BCUT2D eigenvalue weighted by atomic mass is 10.0. The fourth-order valence-electron chi connectivity index (χ4n) is 2.80. The molecule has 2 aliphatic heterocycles. The first-order valence-electron chi connectivity index (χ1n) is 7.43. The standard InChI is InChI=1S/C14H30N2OSi/c1-14(2,3)18(4,5)17-11-12-13-7-6-9-16(13)10-8-15-12/h12-13,15H,6-11H2,1-5H3/t12-,13-/m0/s1. The van der Waals surface area contributed by atoms with Crippen LogP contribution < -0.4 is 5.32 Å². The van der Waals surface area contributed by atoms with Crippen LogP contribution in [0.15, 0.2) is 0 Å². The smallest absolute Gasteiger partial charge is 0.192 e. The molecule has 0 amide bonds. The van der Waals surface area contributed by atoms with E-state index in [-0.39, 0.29) is 0 Å². The van der Waals surface area contributed by atoms with Crippen molar-refractivity contribution >= 4 is 8.32 Å². The lowest BCUT2D eigenvalue weighted by Gasteiger charge is -2.41. The van der Waals surface area contributed by atoms with E-state index >= 15 is 0 Å². The zero-order valence-electron chi connectivity index (χ0n) is 12.8. The molecule has 0 aromatic heterocycles. The van der Waals surface area contributed by atoms with E-state index in [4.69, 9.17) is 4.43 Å². The normalized spacial score (nSPS) is 30.5. The molecule has 106 valence electrons. The molecule has 1 N–H and O–H groups in total. The van der Waals surface area contributed by atoms with E-state index in [9.17, 15) is 0 Å². The van der Waals surface area contributed by atoms with Crippen LogP contribution in [0, 0.1) is 0 Å². The molecule has 2 heterocycles. The quantitative estimate of drug-likeness (QED) is 0.797. The van der Waals surface area contributed by atoms with Gasteiger partial charge in [-0.1, -0.05) is 20.8 Å². The van der Waals surface area contributed by atoms with Gasteiger partial charge in [0.15, 0.2) is 8.32 Å². The largest absolute Gasteiger partial charge is 0.415 e. The molecule has 0 spiro atoms. The molecular weight excluding hydrogens is 240 g/mol. The summed E-state index contributed by atoms with van der Waals surface area (Å²) >= 11 is 0. The molecule has 0 aromatic rings. The van der Waals surface area contributed by atoms with Crippen LogP contribution >= 0.6 is 0 Å². The Morgan fingerprint density at radius 3 is 2.67 bits per heavy atom. The zero-order chi connectivity index (χ0) is 13.4. The van der Waals surface area contributed by atoms with Crippen molar-refractivity contribution in [1.29, 1.82) is 0 Å². The van der Waals surface area contributed by atoms with Gasteiger partial charge in [0, 0.05) is 25.2 Å². The third-order valence-corrected chi connectivity index (χ3v) is 9.61. The minimum Gasteiger partial charge on any atom is -0.415 e. The van der Waals surface area contributed by atoms with Gasteiger partial charge in [0.05, 0.1) is 6.61 Å². The predicted octanol–water partition coefficient (Wildman–Crippen LogP) is 2.44. The van der Waals surface area contributed by atoms with Crippen LogP contribution in [-0.2, 0) is 4.43 Å². The topological polar surface area (TPSA) is 24.5 Å². The van der Waals surface area contributed by atoms with Gasteiger partial charge < -0.3 is 9.74 Å². The third-order valence-electron chi connectivity index (χ3n) is 5.11. The highest BCUT2D eigenvalue weighted by Gasteiger charge is 2.40. The highest BCUT2D eigenvalue weighted by atomic mass is 28.4. The molecule has 0 aromatic carbocycles. The van der Waals surface area contributed by atoms with Crippen molar-refractivity contribution in [1.82, 2.24) is 10.2 Å². The predicted molar refractivity (Wildman–Crippen MR) is 79.5 cm³/mol. The fraction of sp³-hybridized carbons (Fsp3) is 1.00. The van der Waals surface area contributed by atoms with Gasteiger partial charge in [-0.2, -0.15) is 0 Å². The molecule has 2 atom stereocenters. The van der Waals surface area contributed by atoms with Crippen molar-refractivity contribution in [2.75, 3.05) is 26.2 Å². The van der Waals surface area contributed by atoms with E-state index in [2.05, 4.69) is 44.1 Å². The van der Waals surface area contributed by atoms with Crippen molar-refractivity contribution in [2.24, 2.45) is 0 Å². The first-order valence-corrected chi connectivity index (χ1v) is 10.3. The van der Waals surface area contributed by atoms with Crippen LogP contribution in [0.1, 0.15) is 33.6 Å². The first kappa shape index (κ1) is 14.5. The molecule has 0 radical (unpaired) electrons. The van der Waals surface area contributed by atoms with Gasteiger partial charge >= 0.3 is 0 Å². The summed E-state index contributed by atoms with van der Waals surface area (Å²) < 4.78 is 6.39. The van der Waals surface area contributed by atoms with Crippen molar-refractivity contribution in [3.63, 3.8) is 0 Å². The van der Waals surface area contributed by atoms with Gasteiger partial charge in [0.2, 0.25) is 0 Å². The average molecular weight is 270 g/mol. The highest BCUT2D eigenvalue weighted by Crippen LogP contribution is 2.37. The zero-order valence-corrected chi connectivity index (χ0v) is 13.8. The Balaban J connectivity index is 1.90. The van der Waals surface area contributed by atoms with Gasteiger partial charge in [0.1, 0.15) is 0 Å². The van der Waals surface area contributed by atoms with Crippen LogP contribution in [0.4, 0.5) is 0 Å². The molecule has 18 heavy (non-hydrogen) atoms. The first-order chi connectivity index (χ1) is 8.31. The second kappa shape index (κ2) is 5.23. The summed E-state index contributed by atoms with van der Waals surface area (Å²) in [7, 11) is -1.59. The fourth-order valence-corrected chi connectivity index (χ4v) is 3.83. The molecule has 0 saturated carbocycles. The Hall–Kier alpha value is 0.0969. The average Bonchev–Trinajstić information content (AvgIpc) is 2.73. The molecule has 4 heteroatoms. The number of fused-ring (bicyclic) bond motifs is 1. The molecule has 2 fully saturated rings. The number of nitrogens with one attached hydrogen (secondary N) is 1. The summed E-state index contributed by atoms with van der Waals surface area (Å²) in [6.07, 6.45) is 2.71. The summed E-state index contributed by atoms with van der Waals surface area (Å²) in [5.74, 6) is 0. The van der Waals surface area contributed by atoms with E-state index in [0.29, 0.717) is 11.1 Å². The second-order valence-electron chi connectivity index (χ2n) is 7.38. The summed E-state index contributed by atoms with van der Waals surface area (Å²) in [5, 5.41) is 3.99. The third kappa shape index (κ3) is 2.98. The van der Waals surface area contributed by atoms with Crippen molar-refractivity contribution in [2.45, 2.75) is 63.8 Å². The molecule has 2 aliphatic rings. The minimum atomic E-state index is -1.59. The molecule has 2 rings (SSSR count). The monoisotopic (exact) mass is 270 g/mol. The molecule has 0 unspecified atom stereocenters. The van der Waals surface area contributed by atoms with Crippen molar-refractivity contribution in [3.05, 3.63) is 0 Å². The Bertz CT molecular complexity index is 288. The van der Waals surface area contributed by atoms with Crippen LogP contribution in [0.25, 0.3) is 0 Å². The maximum atomic E-state index is 6.39. The van der Waals surface area contributed by atoms with Crippen molar-refractivity contribution in [3.8, 4) is 0 Å². The Morgan fingerprint density at radius 1 is 1.28 bits per heavy atom. The van der Waals surface area contributed by atoms with Crippen molar-refractivity contribution < 1.29 is 4.43 Å². The molecule has 3 nitrogen and oxygen atoms in total. The molecule has 2 saturated heterocycles. The summed E-state index contributed by atoms with van der Waals surface area (Å²) in [4.78, 5) is 2.65. The maximum Gasteiger partial charge on any atom is 0.192 e. The van der Waals surface area contributed by atoms with E-state index in [1.165, 1.54) is 25.9 Å². The second-order valence-corrected chi connectivity index (χ2v) is 12.2. The van der Waals surface area contributed by atoms with Gasteiger partial charge in [-0.05, 0) is 37.5 Å². The summed E-state index contributed by atoms with van der Waals surface area (Å²) in [5.41, 5.74) is 0. The van der Waals surface area contributed by atoms with Gasteiger partial charge in [-0.3, -0.25) is 4.90 Å². The van der Waals surface area contributed by atoms with Gasteiger partial charge in [-0.15, -0.1) is 0 Å². The SMILES string of the molecule is CC(C)(C)[Si](C)(C)OC[C@@H]1NCCN2CCC[C@@H]12. The van der Waals surface area contributed by atoms with Crippen LogP contribution in [0.2, 0.25) is 18.1 Å². The number of piperazine rings is 1. The number of nitrogens with zero attached hydrogens (tertiary/aromatic N) is 1. The Kier molecular flexibility index (Phi) is 4.22. The molecule has 0 bridgehead atoms. The highest BCUT2D eigenvalue weighted by molar-refractivity contribution is 6.74. The number of hydrogen-bond acceptors (Lipinski definition) is 3. The van der Waals surface area contributed by atoms with Gasteiger partial charge in [-0.25, -0.2) is 0 Å². The number of hydrogen-bond donors (Lipinski definition) is 1. The summed E-state index contributed by atoms with van der Waals surface area (Å²) in [6, 6.07) is 1.28. The van der Waals surface area contributed by atoms with Crippen LogP contribution in [0.3, 0.4) is 0 Å². The van der Waals surface area contributed by atoms with E-state index < -0.39 is 8.32 Å². The Labute approximate surface area is 113 Å². The van der Waals surface area contributed by atoms with Gasteiger partial charge in [0.25, 0.3) is 0 Å². The van der Waals surface area contributed by atoms with E-state index in [0.717, 1.165) is 19.2 Å². The van der Waals surface area contributed by atoms with Crippen LogP contribution in [-0.4, -0.2) is 51.5 Å². The van der Waals surface area contributed by atoms with E-state index in [1.54, 1.807) is 0 Å².